The monoisotopic (exact) mass is 201 g/mol. The lowest BCUT2D eigenvalue weighted by Gasteiger charge is -2.06. The van der Waals surface area contributed by atoms with Gasteiger partial charge in [-0.25, -0.2) is 4.98 Å². The number of aryl methyl sites for hydroxylation is 1. The number of nitrogens with two attached hydrogens (primary N) is 1. The molecule has 0 saturated heterocycles. The van der Waals surface area contributed by atoms with E-state index in [-0.39, 0.29) is 0 Å². The van der Waals surface area contributed by atoms with Gasteiger partial charge in [0.2, 0.25) is 0 Å². The third-order valence-electron chi connectivity index (χ3n) is 2.52. The Morgan fingerprint density at radius 2 is 2.00 bits per heavy atom. The molecule has 0 aliphatic heterocycles. The molecule has 3 nitrogen and oxygen atoms in total. The number of rotatable bonds is 3. The van der Waals surface area contributed by atoms with E-state index in [9.17, 15) is 0 Å². The molecule has 2 aromatic rings. The van der Waals surface area contributed by atoms with Crippen LogP contribution in [0.2, 0.25) is 0 Å². The molecule has 0 bridgehead atoms. The van der Waals surface area contributed by atoms with Gasteiger partial charge >= 0.3 is 0 Å². The number of hydrogen-bond donors (Lipinski definition) is 1. The lowest BCUT2D eigenvalue weighted by Crippen LogP contribution is -2.06. The summed E-state index contributed by atoms with van der Waals surface area (Å²) < 4.78 is 2.01. The van der Waals surface area contributed by atoms with Crippen molar-refractivity contribution in [2.45, 2.75) is 19.9 Å². The van der Waals surface area contributed by atoms with Gasteiger partial charge < -0.3 is 10.3 Å². The maximum Gasteiger partial charge on any atom is 0.126 e. The van der Waals surface area contributed by atoms with Crippen molar-refractivity contribution in [3.05, 3.63) is 48.0 Å². The number of hydrogen-bond acceptors (Lipinski definition) is 2. The van der Waals surface area contributed by atoms with Gasteiger partial charge in [0.15, 0.2) is 0 Å². The predicted molar refractivity (Wildman–Crippen MR) is 60.8 cm³/mol. The molecule has 0 aliphatic rings. The van der Waals surface area contributed by atoms with Crippen molar-refractivity contribution in [1.29, 1.82) is 0 Å². The van der Waals surface area contributed by atoms with Crippen LogP contribution in [0, 0.1) is 0 Å². The number of nitrogens with zero attached hydrogens (tertiary/aromatic N) is 2. The Bertz CT molecular complexity index is 428. The van der Waals surface area contributed by atoms with Gasteiger partial charge in [0.25, 0.3) is 0 Å². The van der Waals surface area contributed by atoms with Crippen LogP contribution in [0.15, 0.2) is 36.7 Å². The van der Waals surface area contributed by atoms with Crippen molar-refractivity contribution >= 4 is 0 Å². The Hall–Kier alpha value is -1.61. The second-order valence-corrected chi connectivity index (χ2v) is 3.44. The summed E-state index contributed by atoms with van der Waals surface area (Å²) >= 11 is 0. The van der Waals surface area contributed by atoms with E-state index in [0.29, 0.717) is 6.54 Å². The van der Waals surface area contributed by atoms with Crippen LogP contribution < -0.4 is 5.73 Å². The average Bonchev–Trinajstić information content (AvgIpc) is 2.77. The molecule has 78 valence electrons. The van der Waals surface area contributed by atoms with Gasteiger partial charge in [-0.3, -0.25) is 0 Å². The van der Waals surface area contributed by atoms with Crippen molar-refractivity contribution in [2.75, 3.05) is 0 Å². The number of benzene rings is 1. The molecule has 2 N–H and O–H groups in total. The quantitative estimate of drug-likeness (QED) is 0.824. The van der Waals surface area contributed by atoms with E-state index in [0.717, 1.165) is 17.9 Å². The molecule has 0 atom stereocenters. The molecular formula is C12H15N3. The highest BCUT2D eigenvalue weighted by atomic mass is 15.1. The lowest BCUT2D eigenvalue weighted by molar-refractivity contribution is 0.867. The van der Waals surface area contributed by atoms with E-state index in [1.165, 1.54) is 5.56 Å². The van der Waals surface area contributed by atoms with Crippen molar-refractivity contribution < 1.29 is 0 Å². The molecule has 3 heteroatoms. The van der Waals surface area contributed by atoms with E-state index < -0.39 is 0 Å². The van der Waals surface area contributed by atoms with Gasteiger partial charge in [0, 0.05) is 18.1 Å². The molecule has 0 fully saturated rings. The Morgan fingerprint density at radius 3 is 2.60 bits per heavy atom. The maximum atomic E-state index is 5.61. The largest absolute Gasteiger partial charge is 0.324 e. The molecule has 1 aromatic heterocycles. The van der Waals surface area contributed by atoms with Crippen LogP contribution >= 0.6 is 0 Å². The topological polar surface area (TPSA) is 43.8 Å². The lowest BCUT2D eigenvalue weighted by atomic mass is 10.1. The first-order valence-electron chi connectivity index (χ1n) is 5.16. The van der Waals surface area contributed by atoms with Crippen LogP contribution in [-0.4, -0.2) is 9.55 Å². The first kappa shape index (κ1) is 9.93. The van der Waals surface area contributed by atoms with Gasteiger partial charge in [-0.2, -0.15) is 0 Å². The van der Waals surface area contributed by atoms with Gasteiger partial charge in [0.1, 0.15) is 5.82 Å². The van der Waals surface area contributed by atoms with Crippen LogP contribution in [0.3, 0.4) is 0 Å². The fourth-order valence-corrected chi connectivity index (χ4v) is 1.61. The zero-order valence-corrected chi connectivity index (χ0v) is 8.85. The van der Waals surface area contributed by atoms with Crippen LogP contribution in [0.4, 0.5) is 0 Å². The molecule has 0 spiro atoms. The highest BCUT2D eigenvalue weighted by Gasteiger charge is 2.02. The summed E-state index contributed by atoms with van der Waals surface area (Å²) in [6, 6.07) is 8.46. The predicted octanol–water partition coefficient (Wildman–Crippen LogP) is 1.89. The van der Waals surface area contributed by atoms with Crippen molar-refractivity contribution in [1.82, 2.24) is 9.55 Å². The van der Waals surface area contributed by atoms with E-state index >= 15 is 0 Å². The zero-order valence-electron chi connectivity index (χ0n) is 8.85. The van der Waals surface area contributed by atoms with Gasteiger partial charge in [-0.15, -0.1) is 0 Å². The third kappa shape index (κ3) is 1.92. The van der Waals surface area contributed by atoms with E-state index in [1.807, 2.05) is 10.8 Å². The zero-order chi connectivity index (χ0) is 10.7. The summed E-state index contributed by atoms with van der Waals surface area (Å²) in [5.74, 6) is 0.888. The second-order valence-electron chi connectivity index (χ2n) is 3.44. The second kappa shape index (κ2) is 4.28. The van der Waals surface area contributed by atoms with Crippen LogP contribution in [-0.2, 0) is 13.0 Å². The Kier molecular flexibility index (Phi) is 2.83. The van der Waals surface area contributed by atoms with Crippen LogP contribution in [0.25, 0.3) is 5.69 Å². The molecule has 0 amide bonds. The summed E-state index contributed by atoms with van der Waals surface area (Å²) in [6.45, 7) is 2.61. The van der Waals surface area contributed by atoms with Crippen molar-refractivity contribution in [2.24, 2.45) is 5.73 Å². The van der Waals surface area contributed by atoms with Gasteiger partial charge in [-0.1, -0.05) is 19.1 Å². The molecular weight excluding hydrogens is 186 g/mol. The highest BCUT2D eigenvalue weighted by molar-refractivity contribution is 5.35. The Labute approximate surface area is 89.6 Å². The Morgan fingerprint density at radius 1 is 1.27 bits per heavy atom. The van der Waals surface area contributed by atoms with E-state index in [4.69, 9.17) is 5.73 Å². The molecule has 0 aliphatic carbocycles. The number of imidazole rings is 1. The minimum absolute atomic E-state index is 0.461. The highest BCUT2D eigenvalue weighted by Crippen LogP contribution is 2.12. The fourth-order valence-electron chi connectivity index (χ4n) is 1.61. The molecule has 0 saturated carbocycles. The maximum absolute atomic E-state index is 5.61. The van der Waals surface area contributed by atoms with Gasteiger partial charge in [0.05, 0.1) is 6.54 Å². The molecule has 0 radical (unpaired) electrons. The summed E-state index contributed by atoms with van der Waals surface area (Å²) in [6.07, 6.45) is 4.77. The minimum Gasteiger partial charge on any atom is -0.324 e. The normalized spacial score (nSPS) is 10.5. The molecule has 1 aromatic carbocycles. The van der Waals surface area contributed by atoms with Crippen LogP contribution in [0.5, 0.6) is 0 Å². The standard InChI is InChI=1S/C12H15N3/c1-2-10-3-5-11(6-4-10)15-8-7-14-12(15)9-13/h3-8H,2,9,13H2,1H3. The van der Waals surface area contributed by atoms with Crippen molar-refractivity contribution in [3.63, 3.8) is 0 Å². The molecule has 0 unspecified atom stereocenters. The summed E-state index contributed by atoms with van der Waals surface area (Å²) in [7, 11) is 0. The first-order chi connectivity index (χ1) is 7.35. The molecule has 1 heterocycles. The minimum atomic E-state index is 0.461. The first-order valence-corrected chi connectivity index (χ1v) is 5.16. The molecule has 2 rings (SSSR count). The van der Waals surface area contributed by atoms with E-state index in [2.05, 4.69) is 36.2 Å². The Balaban J connectivity index is 2.37. The third-order valence-corrected chi connectivity index (χ3v) is 2.52. The summed E-state index contributed by atoms with van der Waals surface area (Å²) in [4.78, 5) is 4.19. The average molecular weight is 201 g/mol. The van der Waals surface area contributed by atoms with E-state index in [1.54, 1.807) is 6.20 Å². The number of aromatic nitrogens is 2. The smallest absolute Gasteiger partial charge is 0.126 e. The summed E-state index contributed by atoms with van der Waals surface area (Å²) in [5, 5.41) is 0. The molecule has 15 heavy (non-hydrogen) atoms. The summed E-state index contributed by atoms with van der Waals surface area (Å²) in [5.41, 5.74) is 8.06. The SMILES string of the molecule is CCc1ccc(-n2ccnc2CN)cc1. The van der Waals surface area contributed by atoms with Crippen LogP contribution in [0.1, 0.15) is 18.3 Å². The van der Waals surface area contributed by atoms with Gasteiger partial charge in [-0.05, 0) is 24.1 Å². The van der Waals surface area contributed by atoms with Crippen molar-refractivity contribution in [3.8, 4) is 5.69 Å². The fraction of sp³-hybridized carbons (Fsp3) is 0.250.